The van der Waals surface area contributed by atoms with Gasteiger partial charge in [0.1, 0.15) is 5.60 Å². The highest BCUT2D eigenvalue weighted by atomic mass is 19.4. The van der Waals surface area contributed by atoms with Crippen LogP contribution in [0.4, 0.5) is 18.0 Å². The van der Waals surface area contributed by atoms with Crippen molar-refractivity contribution in [1.29, 1.82) is 0 Å². The van der Waals surface area contributed by atoms with Gasteiger partial charge in [-0.3, -0.25) is 0 Å². The van der Waals surface area contributed by atoms with Gasteiger partial charge in [0.25, 0.3) is 0 Å². The van der Waals surface area contributed by atoms with Crippen molar-refractivity contribution in [3.05, 3.63) is 34.9 Å². The Kier molecular flexibility index (Phi) is 4.89. The minimum Gasteiger partial charge on any atom is -0.444 e. The molecule has 1 rings (SSSR count). The summed E-state index contributed by atoms with van der Waals surface area (Å²) in [5.74, 6) is 2.16. The van der Waals surface area contributed by atoms with E-state index in [9.17, 15) is 18.0 Å². The van der Waals surface area contributed by atoms with Gasteiger partial charge in [0, 0.05) is 12.1 Å². The highest BCUT2D eigenvalue weighted by molar-refractivity contribution is 5.67. The molecule has 0 bridgehead atoms. The van der Waals surface area contributed by atoms with E-state index in [-0.39, 0.29) is 17.7 Å². The number of alkyl halides is 3. The number of carbonyl (C=O) groups excluding carboxylic acids is 1. The number of amides is 1. The zero-order valence-corrected chi connectivity index (χ0v) is 12.0. The summed E-state index contributed by atoms with van der Waals surface area (Å²) in [5.41, 5.74) is -1.17. The molecule has 0 saturated carbocycles. The normalized spacial score (nSPS) is 11.7. The van der Waals surface area contributed by atoms with Gasteiger partial charge in [-0.15, -0.1) is 6.42 Å². The third kappa shape index (κ3) is 5.78. The molecular weight excluding hydrogens is 283 g/mol. The number of terminal acetylenes is 1. The van der Waals surface area contributed by atoms with Crippen LogP contribution in [0.15, 0.2) is 18.2 Å². The zero-order valence-electron chi connectivity index (χ0n) is 12.0. The van der Waals surface area contributed by atoms with Crippen molar-refractivity contribution in [1.82, 2.24) is 5.32 Å². The maximum atomic E-state index is 12.7. The lowest BCUT2D eigenvalue weighted by Crippen LogP contribution is -2.32. The molecule has 0 radical (unpaired) electrons. The number of alkyl carbamates (subject to hydrolysis) is 1. The van der Waals surface area contributed by atoms with Crippen molar-refractivity contribution in [2.24, 2.45) is 0 Å². The molecule has 0 unspecified atom stereocenters. The molecule has 6 heteroatoms. The van der Waals surface area contributed by atoms with Crippen LogP contribution in [0.2, 0.25) is 0 Å². The SMILES string of the molecule is C#Cc1cc(CNC(=O)OC(C)(C)C)cc(C(F)(F)F)c1. The smallest absolute Gasteiger partial charge is 0.416 e. The topological polar surface area (TPSA) is 38.3 Å². The number of nitrogens with one attached hydrogen (secondary N) is 1. The number of halogens is 3. The van der Waals surface area contributed by atoms with Crippen molar-refractivity contribution in [2.75, 3.05) is 0 Å². The Morgan fingerprint density at radius 3 is 2.38 bits per heavy atom. The van der Waals surface area contributed by atoms with Crippen LogP contribution in [0.3, 0.4) is 0 Å². The molecule has 0 aliphatic rings. The lowest BCUT2D eigenvalue weighted by Gasteiger charge is -2.19. The van der Waals surface area contributed by atoms with E-state index in [2.05, 4.69) is 11.2 Å². The summed E-state index contributed by atoms with van der Waals surface area (Å²) in [5, 5.41) is 2.39. The van der Waals surface area contributed by atoms with E-state index in [4.69, 9.17) is 11.2 Å². The molecule has 0 saturated heterocycles. The van der Waals surface area contributed by atoms with Crippen LogP contribution in [-0.4, -0.2) is 11.7 Å². The van der Waals surface area contributed by atoms with Gasteiger partial charge in [0.2, 0.25) is 0 Å². The summed E-state index contributed by atoms with van der Waals surface area (Å²) in [4.78, 5) is 11.5. The number of hydrogen-bond donors (Lipinski definition) is 1. The van der Waals surface area contributed by atoms with Gasteiger partial charge in [-0.05, 0) is 44.5 Å². The predicted molar refractivity (Wildman–Crippen MR) is 72.5 cm³/mol. The molecular formula is C15H16F3NO2. The Labute approximate surface area is 121 Å². The van der Waals surface area contributed by atoms with E-state index in [0.717, 1.165) is 12.1 Å². The Balaban J connectivity index is 2.85. The van der Waals surface area contributed by atoms with Gasteiger partial charge >= 0.3 is 12.3 Å². The fourth-order valence-electron chi connectivity index (χ4n) is 1.53. The number of rotatable bonds is 2. The van der Waals surface area contributed by atoms with Gasteiger partial charge < -0.3 is 10.1 Å². The first-order valence-electron chi connectivity index (χ1n) is 6.16. The largest absolute Gasteiger partial charge is 0.444 e. The standard InChI is InChI=1S/C15H16F3NO2/c1-5-10-6-11(8-12(7-10)15(16,17)18)9-19-13(20)21-14(2,3)4/h1,6-8H,9H2,2-4H3,(H,19,20). The first-order valence-corrected chi connectivity index (χ1v) is 6.16. The molecule has 3 nitrogen and oxygen atoms in total. The second-order valence-corrected chi connectivity index (χ2v) is 5.42. The first kappa shape index (κ1) is 16.9. The molecule has 0 fully saturated rings. The van der Waals surface area contributed by atoms with Gasteiger partial charge in [0.05, 0.1) is 5.56 Å². The summed E-state index contributed by atoms with van der Waals surface area (Å²) in [6.07, 6.45) is -0.0581. The molecule has 114 valence electrons. The van der Waals surface area contributed by atoms with E-state index in [1.807, 2.05) is 0 Å². The fraction of sp³-hybridized carbons (Fsp3) is 0.400. The quantitative estimate of drug-likeness (QED) is 0.845. The second kappa shape index (κ2) is 6.08. The summed E-state index contributed by atoms with van der Waals surface area (Å²) in [6, 6.07) is 3.24. The number of carbonyl (C=O) groups is 1. The number of hydrogen-bond acceptors (Lipinski definition) is 2. The summed E-state index contributed by atoms with van der Waals surface area (Å²) < 4.78 is 43.2. The minimum atomic E-state index is -4.49. The minimum absolute atomic E-state index is 0.103. The van der Waals surface area contributed by atoms with E-state index in [1.165, 1.54) is 6.07 Å². The molecule has 1 N–H and O–H groups in total. The third-order valence-corrected chi connectivity index (χ3v) is 2.32. The molecule has 1 aromatic carbocycles. The molecule has 0 aliphatic carbocycles. The average Bonchev–Trinajstić information content (AvgIpc) is 2.33. The monoisotopic (exact) mass is 299 g/mol. The van der Waals surface area contributed by atoms with Crippen LogP contribution >= 0.6 is 0 Å². The van der Waals surface area contributed by atoms with Crippen LogP contribution in [0, 0.1) is 12.3 Å². The van der Waals surface area contributed by atoms with Crippen molar-refractivity contribution in [3.8, 4) is 12.3 Å². The van der Waals surface area contributed by atoms with E-state index < -0.39 is 23.4 Å². The van der Waals surface area contributed by atoms with Gasteiger partial charge in [-0.1, -0.05) is 5.92 Å². The van der Waals surface area contributed by atoms with Gasteiger partial charge in [0.15, 0.2) is 0 Å². The fourth-order valence-corrected chi connectivity index (χ4v) is 1.53. The summed E-state index contributed by atoms with van der Waals surface area (Å²) in [6.45, 7) is 4.96. The van der Waals surface area contributed by atoms with Crippen molar-refractivity contribution in [3.63, 3.8) is 0 Å². The second-order valence-electron chi connectivity index (χ2n) is 5.42. The van der Waals surface area contributed by atoms with Gasteiger partial charge in [-0.2, -0.15) is 13.2 Å². The zero-order chi connectivity index (χ0) is 16.3. The Morgan fingerprint density at radius 1 is 1.29 bits per heavy atom. The lowest BCUT2D eigenvalue weighted by atomic mass is 10.1. The molecule has 1 aromatic rings. The number of benzene rings is 1. The molecule has 21 heavy (non-hydrogen) atoms. The van der Waals surface area contributed by atoms with Crippen LogP contribution in [0.25, 0.3) is 0 Å². The van der Waals surface area contributed by atoms with Crippen LogP contribution in [0.5, 0.6) is 0 Å². The highest BCUT2D eigenvalue weighted by Gasteiger charge is 2.31. The summed E-state index contributed by atoms with van der Waals surface area (Å²) >= 11 is 0. The molecule has 0 atom stereocenters. The Bertz CT molecular complexity index is 566. The average molecular weight is 299 g/mol. The van der Waals surface area contributed by atoms with E-state index in [1.54, 1.807) is 20.8 Å². The van der Waals surface area contributed by atoms with Crippen LogP contribution in [0.1, 0.15) is 37.5 Å². The molecule has 1 amide bonds. The molecule has 0 aliphatic heterocycles. The predicted octanol–water partition coefficient (Wildman–Crippen LogP) is 3.71. The maximum absolute atomic E-state index is 12.7. The Morgan fingerprint density at radius 2 is 1.90 bits per heavy atom. The third-order valence-electron chi connectivity index (χ3n) is 2.32. The lowest BCUT2D eigenvalue weighted by molar-refractivity contribution is -0.137. The van der Waals surface area contributed by atoms with Crippen molar-refractivity contribution >= 4 is 6.09 Å². The van der Waals surface area contributed by atoms with E-state index in [0.29, 0.717) is 0 Å². The highest BCUT2D eigenvalue weighted by Crippen LogP contribution is 2.30. The maximum Gasteiger partial charge on any atom is 0.416 e. The number of ether oxygens (including phenoxy) is 1. The summed E-state index contributed by atoms with van der Waals surface area (Å²) in [7, 11) is 0. The molecule has 0 heterocycles. The van der Waals surface area contributed by atoms with Crippen molar-refractivity contribution < 1.29 is 22.7 Å². The Hall–Kier alpha value is -2.16. The molecule has 0 aromatic heterocycles. The first-order chi connectivity index (χ1) is 9.51. The van der Waals surface area contributed by atoms with Gasteiger partial charge in [-0.25, -0.2) is 4.79 Å². The molecule has 0 spiro atoms. The van der Waals surface area contributed by atoms with Crippen LogP contribution in [-0.2, 0) is 17.5 Å². The van der Waals surface area contributed by atoms with Crippen molar-refractivity contribution in [2.45, 2.75) is 39.1 Å². The van der Waals surface area contributed by atoms with Crippen LogP contribution < -0.4 is 5.32 Å². The van der Waals surface area contributed by atoms with E-state index >= 15 is 0 Å².